The smallest absolute Gasteiger partial charge is 0.268 e. The van der Waals surface area contributed by atoms with Crippen molar-refractivity contribution >= 4 is 38.9 Å². The molecule has 0 saturated carbocycles. The molecule has 0 aliphatic rings. The van der Waals surface area contributed by atoms with Crippen LogP contribution < -0.4 is 4.31 Å². The third-order valence-electron chi connectivity index (χ3n) is 3.03. The highest BCUT2D eigenvalue weighted by molar-refractivity contribution is 7.93. The van der Waals surface area contributed by atoms with E-state index in [2.05, 4.69) is 0 Å². The second-order valence-corrected chi connectivity index (χ2v) is 7.23. The van der Waals surface area contributed by atoms with Crippen molar-refractivity contribution in [3.05, 3.63) is 52.5 Å². The molecule has 0 aliphatic heterocycles. The monoisotopic (exact) mass is 370 g/mol. The maximum absolute atomic E-state index is 12.9. The Kier molecular flexibility index (Phi) is 5.37. The van der Waals surface area contributed by atoms with E-state index in [4.69, 9.17) is 28.5 Å². The molecule has 2 aromatic carbocycles. The highest BCUT2D eigenvalue weighted by Gasteiger charge is 2.29. The lowest BCUT2D eigenvalue weighted by Gasteiger charge is -2.24. The lowest BCUT2D eigenvalue weighted by atomic mass is 10.3. The molecule has 0 radical (unpaired) electrons. The van der Waals surface area contributed by atoms with Crippen molar-refractivity contribution in [3.8, 4) is 11.8 Å². The molecule has 2 rings (SSSR count). The van der Waals surface area contributed by atoms with Gasteiger partial charge in [-0.2, -0.15) is 5.26 Å². The summed E-state index contributed by atoms with van der Waals surface area (Å²) in [5.41, 5.74) is 0.373. The zero-order valence-corrected chi connectivity index (χ0v) is 14.1. The summed E-state index contributed by atoms with van der Waals surface area (Å²) in [6.45, 7) is -0.0631. The predicted octanol–water partition coefficient (Wildman–Crippen LogP) is 3.81. The average molecular weight is 371 g/mol. The van der Waals surface area contributed by atoms with Gasteiger partial charge in [-0.05, 0) is 24.3 Å². The fourth-order valence-corrected chi connectivity index (χ4v) is 4.20. The number of nitrogens with zero attached hydrogens (tertiary/aromatic N) is 2. The average Bonchev–Trinajstić information content (AvgIpc) is 2.52. The number of nitriles is 1. The van der Waals surface area contributed by atoms with Crippen LogP contribution >= 0.6 is 23.2 Å². The van der Waals surface area contributed by atoms with Crippen LogP contribution in [0.1, 0.15) is 6.42 Å². The van der Waals surface area contributed by atoms with Crippen molar-refractivity contribution < 1.29 is 13.5 Å². The first-order valence-electron chi connectivity index (χ1n) is 6.50. The summed E-state index contributed by atoms with van der Waals surface area (Å²) >= 11 is 11.7. The van der Waals surface area contributed by atoms with Crippen LogP contribution in [-0.2, 0) is 10.0 Å². The molecule has 8 heteroatoms. The molecule has 0 aliphatic carbocycles. The molecule has 1 N–H and O–H groups in total. The standard InChI is InChI=1S/C15H12Cl2N2O3S/c16-11-9-13(17)15(20)14(10-11)23(21,22)19(8-4-7-18)12-5-2-1-3-6-12/h1-3,5-6,9-10,20H,4,8H2. The number of rotatable bonds is 5. The first kappa shape index (κ1) is 17.4. The van der Waals surface area contributed by atoms with Crippen LogP contribution in [0.25, 0.3) is 0 Å². The molecule has 120 valence electrons. The number of anilines is 1. The molecule has 0 amide bonds. The van der Waals surface area contributed by atoms with Gasteiger partial charge >= 0.3 is 0 Å². The first-order valence-corrected chi connectivity index (χ1v) is 8.70. The number of para-hydroxylation sites is 1. The van der Waals surface area contributed by atoms with Crippen molar-refractivity contribution in [2.45, 2.75) is 11.3 Å². The zero-order valence-electron chi connectivity index (χ0n) is 11.8. The van der Waals surface area contributed by atoms with E-state index in [0.29, 0.717) is 5.69 Å². The number of sulfonamides is 1. The molecule has 0 spiro atoms. The lowest BCUT2D eigenvalue weighted by molar-refractivity contribution is 0.459. The third-order valence-corrected chi connectivity index (χ3v) is 5.38. The summed E-state index contributed by atoms with van der Waals surface area (Å²) in [7, 11) is -4.14. The largest absolute Gasteiger partial charge is 0.505 e. The summed E-state index contributed by atoms with van der Waals surface area (Å²) in [5.74, 6) is -0.575. The van der Waals surface area contributed by atoms with E-state index in [-0.39, 0.29) is 23.0 Å². The topological polar surface area (TPSA) is 81.4 Å². The zero-order chi connectivity index (χ0) is 17.0. The maximum Gasteiger partial charge on any atom is 0.268 e. The molecule has 0 saturated heterocycles. The van der Waals surface area contributed by atoms with Crippen molar-refractivity contribution in [1.82, 2.24) is 0 Å². The van der Waals surface area contributed by atoms with Gasteiger partial charge in [0.2, 0.25) is 0 Å². The SMILES string of the molecule is N#CCCN(c1ccccc1)S(=O)(=O)c1cc(Cl)cc(Cl)c1O. The third kappa shape index (κ3) is 3.70. The molecule has 0 unspecified atom stereocenters. The van der Waals surface area contributed by atoms with Gasteiger partial charge in [0.15, 0.2) is 5.75 Å². The van der Waals surface area contributed by atoms with E-state index in [0.717, 1.165) is 10.4 Å². The van der Waals surface area contributed by atoms with Gasteiger partial charge in [-0.15, -0.1) is 0 Å². The Balaban J connectivity index is 2.60. The first-order chi connectivity index (χ1) is 10.9. The molecule has 2 aromatic rings. The lowest BCUT2D eigenvalue weighted by Crippen LogP contribution is -2.32. The normalized spacial score (nSPS) is 11.0. The number of halogens is 2. The van der Waals surface area contributed by atoms with Gasteiger partial charge in [-0.25, -0.2) is 8.42 Å². The van der Waals surface area contributed by atoms with E-state index in [1.165, 1.54) is 6.07 Å². The molecule has 0 bridgehead atoms. The summed E-state index contributed by atoms with van der Waals surface area (Å²) in [4.78, 5) is -0.406. The van der Waals surface area contributed by atoms with Crippen molar-refractivity contribution in [2.75, 3.05) is 10.8 Å². The van der Waals surface area contributed by atoms with Gasteiger partial charge in [0, 0.05) is 11.6 Å². The summed E-state index contributed by atoms with van der Waals surface area (Å²) in [6, 6.07) is 12.6. The van der Waals surface area contributed by atoms with Crippen LogP contribution in [0.3, 0.4) is 0 Å². The van der Waals surface area contributed by atoms with Gasteiger partial charge in [0.25, 0.3) is 10.0 Å². The second kappa shape index (κ2) is 7.09. The fourth-order valence-electron chi connectivity index (χ4n) is 1.99. The van der Waals surface area contributed by atoms with Gasteiger partial charge < -0.3 is 5.11 Å². The maximum atomic E-state index is 12.9. The van der Waals surface area contributed by atoms with Crippen molar-refractivity contribution in [3.63, 3.8) is 0 Å². The van der Waals surface area contributed by atoms with Crippen LogP contribution in [0.15, 0.2) is 47.4 Å². The van der Waals surface area contributed by atoms with E-state index in [9.17, 15) is 13.5 Å². The summed E-state index contributed by atoms with van der Waals surface area (Å²) < 4.78 is 26.8. The predicted molar refractivity (Wildman–Crippen MR) is 89.3 cm³/mol. The van der Waals surface area contributed by atoms with E-state index in [1.807, 2.05) is 6.07 Å². The number of phenolic OH excluding ortho intramolecular Hbond substituents is 1. The van der Waals surface area contributed by atoms with Gasteiger partial charge in [-0.1, -0.05) is 41.4 Å². The fraction of sp³-hybridized carbons (Fsp3) is 0.133. The number of aromatic hydroxyl groups is 1. The van der Waals surface area contributed by atoms with E-state index >= 15 is 0 Å². The van der Waals surface area contributed by atoms with Crippen LogP contribution in [0.5, 0.6) is 5.75 Å². The minimum atomic E-state index is -4.14. The Morgan fingerprint density at radius 1 is 1.17 bits per heavy atom. The summed E-state index contributed by atoms with van der Waals surface area (Å²) in [5, 5.41) is 18.7. The Morgan fingerprint density at radius 3 is 2.43 bits per heavy atom. The van der Waals surface area contributed by atoms with Gasteiger partial charge in [-0.3, -0.25) is 4.31 Å². The van der Waals surface area contributed by atoms with Crippen LogP contribution in [0.2, 0.25) is 10.0 Å². The Hall–Kier alpha value is -1.94. The van der Waals surface area contributed by atoms with E-state index in [1.54, 1.807) is 30.3 Å². The Bertz CT molecular complexity index is 849. The molecule has 5 nitrogen and oxygen atoms in total. The molecular formula is C15H12Cl2N2O3S. The van der Waals surface area contributed by atoms with Gasteiger partial charge in [0.05, 0.1) is 23.2 Å². The number of hydrogen-bond donors (Lipinski definition) is 1. The minimum absolute atomic E-state index is 0.0107. The minimum Gasteiger partial charge on any atom is -0.505 e. The molecule has 0 aromatic heterocycles. The molecule has 0 atom stereocenters. The molecule has 23 heavy (non-hydrogen) atoms. The second-order valence-electron chi connectivity index (χ2n) is 4.56. The van der Waals surface area contributed by atoms with Crippen molar-refractivity contribution in [2.24, 2.45) is 0 Å². The Labute approximate surface area is 144 Å². The quantitative estimate of drug-likeness (QED) is 0.867. The highest BCUT2D eigenvalue weighted by atomic mass is 35.5. The van der Waals surface area contributed by atoms with Crippen LogP contribution in [0.4, 0.5) is 5.69 Å². The summed E-state index contributed by atoms with van der Waals surface area (Å²) in [6.07, 6.45) is -0.0107. The molecule has 0 fully saturated rings. The van der Waals surface area contributed by atoms with Crippen LogP contribution in [0, 0.1) is 11.3 Å². The number of hydrogen-bond acceptors (Lipinski definition) is 4. The van der Waals surface area contributed by atoms with Gasteiger partial charge in [0.1, 0.15) is 4.90 Å². The number of benzene rings is 2. The van der Waals surface area contributed by atoms with Crippen molar-refractivity contribution in [1.29, 1.82) is 5.26 Å². The Morgan fingerprint density at radius 2 is 1.83 bits per heavy atom. The molecule has 0 heterocycles. The molecular weight excluding hydrogens is 359 g/mol. The van der Waals surface area contributed by atoms with Crippen LogP contribution in [-0.4, -0.2) is 20.1 Å². The highest BCUT2D eigenvalue weighted by Crippen LogP contribution is 2.36. The number of phenols is 1. The van der Waals surface area contributed by atoms with E-state index < -0.39 is 20.7 Å².